The zero-order valence-electron chi connectivity index (χ0n) is 13.7. The second kappa shape index (κ2) is 5.74. The maximum absolute atomic E-state index is 11.7. The molecular weight excluding hydrogens is 326 g/mol. The van der Waals surface area contributed by atoms with Crippen molar-refractivity contribution in [1.82, 2.24) is 14.5 Å². The average molecular weight is 349 g/mol. The minimum absolute atomic E-state index is 0.0143. The summed E-state index contributed by atoms with van der Waals surface area (Å²) in [5, 5.41) is 15.2. The molecule has 0 bridgehead atoms. The van der Waals surface area contributed by atoms with Crippen molar-refractivity contribution in [3.63, 3.8) is 0 Å². The van der Waals surface area contributed by atoms with E-state index in [0.29, 0.717) is 32.1 Å². The molecule has 0 unspecified atom stereocenters. The first-order valence-electron chi connectivity index (χ1n) is 6.98. The van der Waals surface area contributed by atoms with Gasteiger partial charge in [-0.1, -0.05) is 0 Å². The fourth-order valence-electron chi connectivity index (χ4n) is 2.47. The van der Waals surface area contributed by atoms with Crippen LogP contribution in [0.2, 0.25) is 0 Å². The van der Waals surface area contributed by atoms with Crippen molar-refractivity contribution >= 4 is 16.2 Å². The van der Waals surface area contributed by atoms with E-state index in [4.69, 9.17) is 14.6 Å². The van der Waals surface area contributed by atoms with Gasteiger partial charge in [-0.3, -0.25) is 4.48 Å². The van der Waals surface area contributed by atoms with Gasteiger partial charge in [-0.2, -0.15) is 17.4 Å². The van der Waals surface area contributed by atoms with E-state index in [-0.39, 0.29) is 25.9 Å². The van der Waals surface area contributed by atoms with Crippen molar-refractivity contribution in [2.45, 2.75) is 0 Å². The first kappa shape index (κ1) is 17.7. The van der Waals surface area contributed by atoms with Crippen molar-refractivity contribution in [2.75, 3.05) is 54.5 Å². The van der Waals surface area contributed by atoms with Gasteiger partial charge in [0.25, 0.3) is 11.8 Å². The number of rotatable bonds is 4. The van der Waals surface area contributed by atoms with Gasteiger partial charge in [0.2, 0.25) is 5.75 Å². The van der Waals surface area contributed by atoms with Crippen LogP contribution in [0.5, 0.6) is 17.5 Å². The van der Waals surface area contributed by atoms with E-state index in [2.05, 4.69) is 9.97 Å². The van der Waals surface area contributed by atoms with Gasteiger partial charge in [-0.25, -0.2) is 0 Å². The zero-order valence-corrected chi connectivity index (χ0v) is 14.5. The monoisotopic (exact) mass is 349 g/mol. The third-order valence-corrected chi connectivity index (χ3v) is 6.02. The van der Waals surface area contributed by atoms with Crippen LogP contribution >= 0.6 is 0 Å². The van der Waals surface area contributed by atoms with Gasteiger partial charge < -0.3 is 14.6 Å². The minimum atomic E-state index is -3.69. The second-order valence-electron chi connectivity index (χ2n) is 5.99. The molecule has 1 saturated heterocycles. The number of aromatic nitrogens is 2. The highest BCUT2D eigenvalue weighted by Crippen LogP contribution is 2.36. The maximum atomic E-state index is 11.7. The lowest BCUT2D eigenvalue weighted by Gasteiger charge is -2.42. The molecule has 0 amide bonds. The Morgan fingerprint density at radius 2 is 1.48 bits per heavy atom. The molecule has 1 aromatic heterocycles. The van der Waals surface area contributed by atoms with Crippen molar-refractivity contribution < 1.29 is 26.9 Å². The van der Waals surface area contributed by atoms with Crippen LogP contribution < -0.4 is 19.1 Å². The van der Waals surface area contributed by atoms with Crippen LogP contribution in [0, 0.1) is 0 Å². The number of aromatic hydroxyl groups is 1. The second-order valence-corrected chi connectivity index (χ2v) is 7.90. The largest absolute Gasteiger partial charge is 0.499 e. The summed E-state index contributed by atoms with van der Waals surface area (Å²) in [6.07, 6.45) is 0. The Bertz CT molecular complexity index is 675. The SMILES string of the molecule is COc1nc([N+]2(C)CC[N+](C)(S(N)(=O)=O)CC2)nc(OC)c1O. The number of piperazine rings is 1. The molecule has 1 aromatic rings. The smallest absolute Gasteiger partial charge is 0.367 e. The lowest BCUT2D eigenvalue weighted by atomic mass is 10.3. The fourth-order valence-corrected chi connectivity index (χ4v) is 3.14. The summed E-state index contributed by atoms with van der Waals surface area (Å²) >= 11 is 0. The van der Waals surface area contributed by atoms with Gasteiger partial charge in [0.05, 0.1) is 28.3 Å². The Labute approximate surface area is 135 Å². The van der Waals surface area contributed by atoms with Gasteiger partial charge >= 0.3 is 16.2 Å². The zero-order chi connectivity index (χ0) is 17.5. The molecule has 11 heteroatoms. The summed E-state index contributed by atoms with van der Waals surface area (Å²) in [4.78, 5) is 8.45. The Morgan fingerprint density at radius 1 is 1.04 bits per heavy atom. The minimum Gasteiger partial charge on any atom is -0.499 e. The molecule has 0 radical (unpaired) electrons. The maximum Gasteiger partial charge on any atom is 0.367 e. The molecule has 1 aliphatic rings. The molecule has 10 nitrogen and oxygen atoms in total. The molecule has 0 aliphatic carbocycles. The van der Waals surface area contributed by atoms with E-state index in [0.717, 1.165) is 0 Å². The molecular formula is C12H23N5O5S+2. The number of hydrogen-bond acceptors (Lipinski definition) is 7. The van der Waals surface area contributed by atoms with E-state index < -0.39 is 10.2 Å². The lowest BCUT2D eigenvalue weighted by Crippen LogP contribution is -2.68. The normalized spacial score (nSPS) is 28.4. The van der Waals surface area contributed by atoms with E-state index in [1.54, 1.807) is 7.05 Å². The van der Waals surface area contributed by atoms with E-state index in [1.165, 1.54) is 14.2 Å². The highest BCUT2D eigenvalue weighted by molar-refractivity contribution is 7.83. The standard InChI is InChI=1S/C12H22N5O5S/c1-16(5-7-17(2,8-6-16)23(13,19)20)12-14-10(21-3)9(18)11(15-12)22-4/h5-8H2,1-4H3,(H2-,13,18,19,20)/q+1/p+1. The van der Waals surface area contributed by atoms with Gasteiger partial charge in [0, 0.05) is 0 Å². The van der Waals surface area contributed by atoms with Gasteiger partial charge in [0.1, 0.15) is 26.2 Å². The Morgan fingerprint density at radius 3 is 1.83 bits per heavy atom. The Balaban J connectivity index is 2.37. The van der Waals surface area contributed by atoms with Crippen molar-refractivity contribution in [3.05, 3.63) is 0 Å². The quantitative estimate of drug-likeness (QED) is 0.654. The molecule has 0 saturated carbocycles. The highest BCUT2D eigenvalue weighted by Gasteiger charge is 2.46. The number of ether oxygens (including phenoxy) is 2. The van der Waals surface area contributed by atoms with Crippen LogP contribution in [0.15, 0.2) is 0 Å². The molecule has 0 spiro atoms. The van der Waals surface area contributed by atoms with Crippen LogP contribution in [0.1, 0.15) is 0 Å². The molecule has 130 valence electrons. The van der Waals surface area contributed by atoms with Crippen LogP contribution in [0.25, 0.3) is 0 Å². The van der Waals surface area contributed by atoms with E-state index in [9.17, 15) is 13.5 Å². The molecule has 23 heavy (non-hydrogen) atoms. The summed E-state index contributed by atoms with van der Waals surface area (Å²) in [5.74, 6) is 0.144. The predicted octanol–water partition coefficient (Wildman–Crippen LogP) is -1.20. The molecule has 0 aromatic carbocycles. The predicted molar refractivity (Wildman–Crippen MR) is 83.3 cm³/mol. The summed E-state index contributed by atoms with van der Waals surface area (Å²) in [6, 6.07) is 0. The Kier molecular flexibility index (Phi) is 4.41. The van der Waals surface area contributed by atoms with Gasteiger partial charge in [-0.15, -0.1) is 9.97 Å². The molecule has 1 aliphatic heterocycles. The number of nitrogens with zero attached hydrogens (tertiary/aromatic N) is 4. The van der Waals surface area contributed by atoms with Crippen LogP contribution in [-0.2, 0) is 10.2 Å². The van der Waals surface area contributed by atoms with E-state index >= 15 is 0 Å². The first-order valence-corrected chi connectivity index (χ1v) is 8.48. The van der Waals surface area contributed by atoms with Gasteiger partial charge in [-0.05, 0) is 0 Å². The van der Waals surface area contributed by atoms with Crippen LogP contribution in [0.3, 0.4) is 0 Å². The summed E-state index contributed by atoms with van der Waals surface area (Å²) in [5.41, 5.74) is 0. The third kappa shape index (κ3) is 3.04. The summed E-state index contributed by atoms with van der Waals surface area (Å²) in [7, 11) is 2.56. The third-order valence-electron chi connectivity index (χ3n) is 4.43. The van der Waals surface area contributed by atoms with Gasteiger partial charge in [0.15, 0.2) is 0 Å². The Hall–Kier alpha value is -1.69. The fraction of sp³-hybridized carbons (Fsp3) is 0.667. The summed E-state index contributed by atoms with van der Waals surface area (Å²) < 4.78 is 33.6. The summed E-state index contributed by atoms with van der Waals surface area (Å²) in [6.45, 7) is 1.57. The van der Waals surface area contributed by atoms with Crippen molar-refractivity contribution in [1.29, 1.82) is 0 Å². The number of nitrogens with two attached hydrogens (primary N) is 1. The number of methoxy groups -OCH3 is 2. The highest BCUT2D eigenvalue weighted by atomic mass is 32.2. The molecule has 1 fully saturated rings. The molecule has 2 rings (SSSR count). The van der Waals surface area contributed by atoms with Crippen LogP contribution in [0.4, 0.5) is 5.95 Å². The molecule has 2 heterocycles. The van der Waals surface area contributed by atoms with Crippen LogP contribution in [-0.4, -0.2) is 81.9 Å². The first-order chi connectivity index (χ1) is 10.6. The topological polar surface area (TPSA) is 125 Å². The molecule has 0 atom stereocenters. The number of likely N-dealkylation sites (N-methyl/N-ethyl adjacent to an activating group) is 2. The van der Waals surface area contributed by atoms with Crippen molar-refractivity contribution in [2.24, 2.45) is 5.14 Å². The van der Waals surface area contributed by atoms with E-state index in [1.807, 2.05) is 7.05 Å². The molecule has 3 N–H and O–H groups in total. The number of quaternary nitrogens is 2. The lowest BCUT2D eigenvalue weighted by molar-refractivity contribution is -0.790. The van der Waals surface area contributed by atoms with Crippen molar-refractivity contribution in [3.8, 4) is 17.5 Å². The number of hydrogen-bond donors (Lipinski definition) is 2. The average Bonchev–Trinajstić information content (AvgIpc) is 2.49.